The van der Waals surface area contributed by atoms with Crippen molar-refractivity contribution in [2.45, 2.75) is 44.6 Å². The highest BCUT2D eigenvalue weighted by molar-refractivity contribution is 7.89. The van der Waals surface area contributed by atoms with Crippen LogP contribution < -0.4 is 5.32 Å². The van der Waals surface area contributed by atoms with Crippen molar-refractivity contribution >= 4 is 27.6 Å². The first-order valence-electron chi connectivity index (χ1n) is 8.98. The van der Waals surface area contributed by atoms with Crippen LogP contribution in [0, 0.1) is 6.92 Å². The maximum absolute atomic E-state index is 12.6. The first-order chi connectivity index (χ1) is 12.8. The Balaban J connectivity index is 2.05. The first kappa shape index (κ1) is 21.3. The fourth-order valence-electron chi connectivity index (χ4n) is 2.79. The Morgan fingerprint density at radius 3 is 2.59 bits per heavy atom. The normalized spacial score (nSPS) is 17.1. The topological polar surface area (TPSA) is 102 Å². The van der Waals surface area contributed by atoms with Gasteiger partial charge >= 0.3 is 5.97 Å². The molecule has 0 unspecified atom stereocenters. The molecule has 0 saturated carbocycles. The lowest BCUT2D eigenvalue weighted by Gasteiger charge is -2.19. The summed E-state index contributed by atoms with van der Waals surface area (Å²) in [6, 6.07) is 4.56. The van der Waals surface area contributed by atoms with Gasteiger partial charge in [0.2, 0.25) is 10.0 Å². The van der Waals surface area contributed by atoms with Gasteiger partial charge in [-0.05, 0) is 37.5 Å². The summed E-state index contributed by atoms with van der Waals surface area (Å²) in [6.45, 7) is 6.05. The number of carbonyl (C=O) groups is 2. The zero-order valence-corrected chi connectivity index (χ0v) is 16.7. The Bertz CT molecular complexity index is 783. The van der Waals surface area contributed by atoms with Gasteiger partial charge in [0.15, 0.2) is 12.7 Å². The van der Waals surface area contributed by atoms with Crippen molar-refractivity contribution in [2.24, 2.45) is 0 Å². The number of rotatable bonds is 8. The van der Waals surface area contributed by atoms with Crippen LogP contribution in [0.4, 0.5) is 5.69 Å². The lowest BCUT2D eigenvalue weighted by molar-refractivity contribution is -0.156. The van der Waals surface area contributed by atoms with Crippen LogP contribution in [0.15, 0.2) is 23.1 Å². The van der Waals surface area contributed by atoms with Crippen LogP contribution in [0.5, 0.6) is 0 Å². The summed E-state index contributed by atoms with van der Waals surface area (Å²) in [4.78, 5) is 24.0. The number of hydrogen-bond acceptors (Lipinski definition) is 6. The third kappa shape index (κ3) is 5.27. The molecule has 1 aliphatic heterocycles. The SMILES string of the molecule is CCN(CC)S(=O)(=O)c1ccc(C)c(NC(=O)COC(=O)[C@H]2CCCO2)c1. The molecule has 9 heteroatoms. The highest BCUT2D eigenvalue weighted by Crippen LogP contribution is 2.23. The fourth-order valence-corrected chi connectivity index (χ4v) is 4.27. The van der Waals surface area contributed by atoms with Crippen LogP contribution in [0.25, 0.3) is 0 Å². The molecule has 1 N–H and O–H groups in total. The molecule has 0 aromatic heterocycles. The standard InChI is InChI=1S/C18H26N2O6S/c1-4-20(5-2)27(23,24)14-9-8-13(3)15(11-14)19-17(21)12-26-18(22)16-7-6-10-25-16/h8-9,11,16H,4-7,10,12H2,1-3H3,(H,19,21)/t16-/m1/s1. The molecule has 150 valence electrons. The second kappa shape index (κ2) is 9.29. The summed E-state index contributed by atoms with van der Waals surface area (Å²) in [7, 11) is -3.63. The molecule has 1 aromatic rings. The summed E-state index contributed by atoms with van der Waals surface area (Å²) in [5, 5.41) is 2.60. The monoisotopic (exact) mass is 398 g/mol. The molecule has 1 aliphatic rings. The molecular weight excluding hydrogens is 372 g/mol. The van der Waals surface area contributed by atoms with Crippen LogP contribution >= 0.6 is 0 Å². The second-order valence-corrected chi connectivity index (χ2v) is 8.16. The average molecular weight is 398 g/mol. The predicted octanol–water partition coefficient (Wildman–Crippen LogP) is 1.69. The molecule has 1 aromatic carbocycles. The van der Waals surface area contributed by atoms with Crippen molar-refractivity contribution in [1.29, 1.82) is 0 Å². The van der Waals surface area contributed by atoms with Crippen LogP contribution in [0.1, 0.15) is 32.3 Å². The molecule has 1 heterocycles. The molecule has 0 aliphatic carbocycles. The fraction of sp³-hybridized carbons (Fsp3) is 0.556. The number of amides is 1. The maximum atomic E-state index is 12.6. The quantitative estimate of drug-likeness (QED) is 0.669. The maximum Gasteiger partial charge on any atom is 0.335 e. The Kier molecular flexibility index (Phi) is 7.34. The van der Waals surface area contributed by atoms with Crippen molar-refractivity contribution in [1.82, 2.24) is 4.31 Å². The number of hydrogen-bond donors (Lipinski definition) is 1. The predicted molar refractivity (Wildman–Crippen MR) is 99.8 cm³/mol. The van der Waals surface area contributed by atoms with Gasteiger partial charge < -0.3 is 14.8 Å². The van der Waals surface area contributed by atoms with Gasteiger partial charge in [0.1, 0.15) is 0 Å². The van der Waals surface area contributed by atoms with Gasteiger partial charge in [-0.3, -0.25) is 4.79 Å². The van der Waals surface area contributed by atoms with Crippen molar-refractivity contribution in [3.8, 4) is 0 Å². The van der Waals surface area contributed by atoms with Crippen LogP contribution in [0.2, 0.25) is 0 Å². The molecule has 8 nitrogen and oxygen atoms in total. The molecule has 0 spiro atoms. The van der Waals surface area contributed by atoms with Gasteiger partial charge in [-0.1, -0.05) is 19.9 Å². The first-order valence-corrected chi connectivity index (χ1v) is 10.4. The number of sulfonamides is 1. The molecule has 1 amide bonds. The van der Waals surface area contributed by atoms with Gasteiger partial charge in [0, 0.05) is 25.4 Å². The number of nitrogens with zero attached hydrogens (tertiary/aromatic N) is 1. The highest BCUT2D eigenvalue weighted by Gasteiger charge is 2.26. The number of nitrogens with one attached hydrogen (secondary N) is 1. The number of carbonyl (C=O) groups excluding carboxylic acids is 2. The smallest absolute Gasteiger partial charge is 0.335 e. The second-order valence-electron chi connectivity index (χ2n) is 6.22. The van der Waals surface area contributed by atoms with Crippen LogP contribution in [0.3, 0.4) is 0 Å². The molecule has 27 heavy (non-hydrogen) atoms. The van der Waals surface area contributed by atoms with E-state index in [-0.39, 0.29) is 4.90 Å². The third-order valence-corrected chi connectivity index (χ3v) is 6.41. The average Bonchev–Trinajstić information content (AvgIpc) is 3.17. The van der Waals surface area contributed by atoms with Crippen molar-refractivity contribution in [3.63, 3.8) is 0 Å². The summed E-state index contributed by atoms with van der Waals surface area (Å²) in [5.74, 6) is -1.10. The molecule has 0 bridgehead atoms. The van der Waals surface area contributed by atoms with E-state index in [9.17, 15) is 18.0 Å². The minimum atomic E-state index is -3.63. The van der Waals surface area contributed by atoms with E-state index < -0.39 is 34.6 Å². The van der Waals surface area contributed by atoms with E-state index in [2.05, 4.69) is 5.32 Å². The van der Waals surface area contributed by atoms with Gasteiger partial charge in [-0.15, -0.1) is 0 Å². The van der Waals surface area contributed by atoms with Gasteiger partial charge in [0.25, 0.3) is 5.91 Å². The number of aryl methyl sites for hydroxylation is 1. The number of benzene rings is 1. The van der Waals surface area contributed by atoms with E-state index in [1.807, 2.05) is 0 Å². The number of esters is 1. The molecular formula is C18H26N2O6S. The van der Waals surface area contributed by atoms with Crippen molar-refractivity contribution in [2.75, 3.05) is 31.6 Å². The van der Waals surface area contributed by atoms with Crippen molar-refractivity contribution < 1.29 is 27.5 Å². The van der Waals surface area contributed by atoms with Gasteiger partial charge in [-0.2, -0.15) is 4.31 Å². The zero-order valence-electron chi connectivity index (χ0n) is 15.9. The molecule has 1 atom stereocenters. The Morgan fingerprint density at radius 2 is 2.00 bits per heavy atom. The largest absolute Gasteiger partial charge is 0.454 e. The Hall–Kier alpha value is -1.97. The van der Waals surface area contributed by atoms with E-state index in [0.29, 0.717) is 37.4 Å². The minimum Gasteiger partial charge on any atom is -0.454 e. The summed E-state index contributed by atoms with van der Waals surface area (Å²) in [6.07, 6.45) is 0.770. The summed E-state index contributed by atoms with van der Waals surface area (Å²) < 4.78 is 36.8. The van der Waals surface area contributed by atoms with Crippen LogP contribution in [-0.2, 0) is 29.1 Å². The van der Waals surface area contributed by atoms with E-state index in [1.165, 1.54) is 16.4 Å². The molecule has 1 saturated heterocycles. The third-order valence-electron chi connectivity index (χ3n) is 4.36. The Labute approximate surface area is 159 Å². The van der Waals surface area contributed by atoms with Crippen molar-refractivity contribution in [3.05, 3.63) is 23.8 Å². The highest BCUT2D eigenvalue weighted by atomic mass is 32.2. The molecule has 2 rings (SSSR count). The lowest BCUT2D eigenvalue weighted by atomic mass is 10.2. The number of anilines is 1. The zero-order chi connectivity index (χ0) is 20.0. The van der Waals surface area contributed by atoms with E-state index >= 15 is 0 Å². The van der Waals surface area contributed by atoms with Gasteiger partial charge in [-0.25, -0.2) is 13.2 Å². The Morgan fingerprint density at radius 1 is 1.30 bits per heavy atom. The van der Waals surface area contributed by atoms with Gasteiger partial charge in [0.05, 0.1) is 4.90 Å². The lowest BCUT2D eigenvalue weighted by Crippen LogP contribution is -2.31. The number of ether oxygens (including phenoxy) is 2. The van der Waals surface area contributed by atoms with E-state index in [1.54, 1.807) is 26.8 Å². The van der Waals surface area contributed by atoms with Crippen LogP contribution in [-0.4, -0.2) is 57.0 Å². The summed E-state index contributed by atoms with van der Waals surface area (Å²) >= 11 is 0. The van der Waals surface area contributed by atoms with E-state index in [4.69, 9.17) is 9.47 Å². The van der Waals surface area contributed by atoms with E-state index in [0.717, 1.165) is 6.42 Å². The molecule has 1 fully saturated rings. The summed E-state index contributed by atoms with van der Waals surface area (Å²) in [5.41, 5.74) is 1.06. The minimum absolute atomic E-state index is 0.100. The molecule has 0 radical (unpaired) electrons.